The topological polar surface area (TPSA) is 70.0 Å². The second-order valence-corrected chi connectivity index (χ2v) is 5.61. The Labute approximate surface area is 78.9 Å². The Morgan fingerprint density at radius 1 is 1.62 bits per heavy atom. The lowest BCUT2D eigenvalue weighted by molar-refractivity contribution is 0.378. The van der Waals surface area contributed by atoms with Crippen LogP contribution in [-0.4, -0.2) is 32.5 Å². The maximum Gasteiger partial charge on any atom is 0.166 e. The molecule has 0 aromatic rings. The molecular formula is C8H14N2O2S. The van der Waals surface area contributed by atoms with E-state index in [0.29, 0.717) is 6.42 Å². The zero-order chi connectivity index (χ0) is 9.90. The molecule has 0 bridgehead atoms. The summed E-state index contributed by atoms with van der Waals surface area (Å²) in [6, 6.07) is 1.84. The lowest BCUT2D eigenvalue weighted by Crippen LogP contribution is -2.46. The normalized spacial score (nSPS) is 20.3. The number of nitrogens with one attached hydrogen (secondary N) is 1. The summed E-state index contributed by atoms with van der Waals surface area (Å²) in [6.07, 6.45) is 0.388. The third-order valence-corrected chi connectivity index (χ3v) is 4.52. The van der Waals surface area contributed by atoms with Crippen LogP contribution in [0.3, 0.4) is 0 Å². The Bertz CT molecular complexity index is 301. The van der Waals surface area contributed by atoms with Crippen molar-refractivity contribution in [2.24, 2.45) is 5.92 Å². The number of nitriles is 1. The van der Waals surface area contributed by atoms with Gasteiger partial charge in [0.15, 0.2) is 9.84 Å². The van der Waals surface area contributed by atoms with Crippen LogP contribution in [0.4, 0.5) is 0 Å². The molecule has 0 aliphatic carbocycles. The average Bonchev–Trinajstić information content (AvgIpc) is 1.99. The van der Waals surface area contributed by atoms with Crippen LogP contribution in [0.2, 0.25) is 0 Å². The zero-order valence-corrected chi connectivity index (χ0v) is 8.47. The van der Waals surface area contributed by atoms with Gasteiger partial charge in [-0.15, -0.1) is 0 Å². The molecule has 13 heavy (non-hydrogen) atoms. The largest absolute Gasteiger partial charge is 0.316 e. The molecule has 5 heteroatoms. The first kappa shape index (κ1) is 10.5. The van der Waals surface area contributed by atoms with Gasteiger partial charge in [0.2, 0.25) is 0 Å². The van der Waals surface area contributed by atoms with Gasteiger partial charge in [0.05, 0.1) is 11.8 Å². The minimum Gasteiger partial charge on any atom is -0.316 e. The third kappa shape index (κ3) is 2.42. The predicted octanol–water partition coefficient (Wildman–Crippen LogP) is -0.0772. The summed E-state index contributed by atoms with van der Waals surface area (Å²) in [7, 11) is -3.18. The summed E-state index contributed by atoms with van der Waals surface area (Å²) < 4.78 is 23.1. The summed E-state index contributed by atoms with van der Waals surface area (Å²) >= 11 is 0. The SMILES string of the molecule is CCC(C#N)S(=O)(=O)CC1CNC1. The van der Waals surface area contributed by atoms with Crippen LogP contribution in [-0.2, 0) is 9.84 Å². The molecule has 1 aliphatic rings. The first-order chi connectivity index (χ1) is 6.10. The Balaban J connectivity index is 2.59. The van der Waals surface area contributed by atoms with Crippen molar-refractivity contribution in [1.29, 1.82) is 5.26 Å². The minimum absolute atomic E-state index is 0.159. The lowest BCUT2D eigenvalue weighted by atomic mass is 10.1. The predicted molar refractivity (Wildman–Crippen MR) is 49.8 cm³/mol. The molecule has 0 aromatic heterocycles. The van der Waals surface area contributed by atoms with E-state index in [1.54, 1.807) is 6.92 Å². The van der Waals surface area contributed by atoms with Gasteiger partial charge in [-0.3, -0.25) is 0 Å². The maximum absolute atomic E-state index is 11.5. The molecule has 0 amide bonds. The fourth-order valence-corrected chi connectivity index (χ4v) is 3.13. The van der Waals surface area contributed by atoms with Crippen LogP contribution in [0, 0.1) is 17.2 Å². The second-order valence-electron chi connectivity index (χ2n) is 3.38. The van der Waals surface area contributed by atoms with Crippen molar-refractivity contribution in [3.8, 4) is 6.07 Å². The van der Waals surface area contributed by atoms with E-state index in [4.69, 9.17) is 5.26 Å². The van der Waals surface area contributed by atoms with Crippen molar-refractivity contribution >= 4 is 9.84 Å². The monoisotopic (exact) mass is 202 g/mol. The van der Waals surface area contributed by atoms with E-state index in [2.05, 4.69) is 5.32 Å². The fraction of sp³-hybridized carbons (Fsp3) is 0.875. The smallest absolute Gasteiger partial charge is 0.166 e. The molecule has 1 aliphatic heterocycles. The minimum atomic E-state index is -3.18. The van der Waals surface area contributed by atoms with Gasteiger partial charge in [-0.2, -0.15) is 5.26 Å². The van der Waals surface area contributed by atoms with Crippen LogP contribution in [0.1, 0.15) is 13.3 Å². The Morgan fingerprint density at radius 3 is 2.54 bits per heavy atom. The number of hydrogen-bond donors (Lipinski definition) is 1. The van der Waals surface area contributed by atoms with Crippen molar-refractivity contribution in [2.45, 2.75) is 18.6 Å². The van der Waals surface area contributed by atoms with Crippen molar-refractivity contribution in [1.82, 2.24) is 5.32 Å². The highest BCUT2D eigenvalue weighted by atomic mass is 32.2. The molecule has 1 rings (SSSR count). The van der Waals surface area contributed by atoms with Crippen LogP contribution in [0.25, 0.3) is 0 Å². The summed E-state index contributed by atoms with van der Waals surface area (Å²) in [6.45, 7) is 3.26. The number of rotatable bonds is 4. The Morgan fingerprint density at radius 2 is 2.23 bits per heavy atom. The van der Waals surface area contributed by atoms with Gasteiger partial charge in [0.1, 0.15) is 5.25 Å². The fourth-order valence-electron chi connectivity index (χ4n) is 1.34. The molecule has 1 unspecified atom stereocenters. The molecule has 1 N–H and O–H groups in total. The van der Waals surface area contributed by atoms with E-state index in [-0.39, 0.29) is 11.7 Å². The van der Waals surface area contributed by atoms with Crippen LogP contribution >= 0.6 is 0 Å². The summed E-state index contributed by atoms with van der Waals surface area (Å²) in [4.78, 5) is 0. The van der Waals surface area contributed by atoms with Crippen LogP contribution in [0.15, 0.2) is 0 Å². The summed E-state index contributed by atoms with van der Waals surface area (Å²) in [5, 5.41) is 10.8. The molecule has 74 valence electrons. The van der Waals surface area contributed by atoms with Crippen molar-refractivity contribution < 1.29 is 8.42 Å². The molecule has 0 aromatic carbocycles. The van der Waals surface area contributed by atoms with Crippen molar-refractivity contribution in [3.05, 3.63) is 0 Å². The van der Waals surface area contributed by atoms with Gasteiger partial charge in [-0.25, -0.2) is 8.42 Å². The number of sulfone groups is 1. The van der Waals surface area contributed by atoms with Crippen molar-refractivity contribution in [2.75, 3.05) is 18.8 Å². The highest BCUT2D eigenvalue weighted by Gasteiger charge is 2.29. The molecule has 1 atom stereocenters. The second kappa shape index (κ2) is 4.07. The first-order valence-corrected chi connectivity index (χ1v) is 6.13. The third-order valence-electron chi connectivity index (χ3n) is 2.28. The standard InChI is InChI=1S/C8H14N2O2S/c1-2-8(3-9)13(11,12)6-7-4-10-5-7/h7-8,10H,2,4-6H2,1H3. The van der Waals surface area contributed by atoms with E-state index in [1.165, 1.54) is 0 Å². The maximum atomic E-state index is 11.5. The van der Waals surface area contributed by atoms with E-state index >= 15 is 0 Å². The lowest BCUT2D eigenvalue weighted by Gasteiger charge is -2.27. The zero-order valence-electron chi connectivity index (χ0n) is 7.66. The number of hydrogen-bond acceptors (Lipinski definition) is 4. The Hall–Kier alpha value is -0.600. The van der Waals surface area contributed by atoms with Gasteiger partial charge >= 0.3 is 0 Å². The quantitative estimate of drug-likeness (QED) is 0.692. The van der Waals surface area contributed by atoms with Gasteiger partial charge < -0.3 is 5.32 Å². The summed E-state index contributed by atoms with van der Waals surface area (Å²) in [5.74, 6) is 0.374. The van der Waals surface area contributed by atoms with E-state index < -0.39 is 15.1 Å². The van der Waals surface area contributed by atoms with Gasteiger partial charge in [-0.05, 0) is 12.3 Å². The molecule has 1 fully saturated rings. The van der Waals surface area contributed by atoms with E-state index in [0.717, 1.165) is 13.1 Å². The number of nitrogens with zero attached hydrogens (tertiary/aromatic N) is 1. The molecule has 1 heterocycles. The molecule has 1 saturated heterocycles. The van der Waals surface area contributed by atoms with Gasteiger partial charge in [0.25, 0.3) is 0 Å². The van der Waals surface area contributed by atoms with Gasteiger partial charge in [0, 0.05) is 13.1 Å². The Kier molecular flexibility index (Phi) is 3.28. The molecular weight excluding hydrogens is 188 g/mol. The molecule has 0 radical (unpaired) electrons. The van der Waals surface area contributed by atoms with Gasteiger partial charge in [-0.1, -0.05) is 6.92 Å². The van der Waals surface area contributed by atoms with Crippen LogP contribution < -0.4 is 5.32 Å². The summed E-state index contributed by atoms with van der Waals surface area (Å²) in [5.41, 5.74) is 0. The molecule has 0 spiro atoms. The van der Waals surface area contributed by atoms with Crippen molar-refractivity contribution in [3.63, 3.8) is 0 Å². The van der Waals surface area contributed by atoms with Crippen LogP contribution in [0.5, 0.6) is 0 Å². The average molecular weight is 202 g/mol. The highest BCUT2D eigenvalue weighted by Crippen LogP contribution is 2.13. The van der Waals surface area contributed by atoms with E-state index in [9.17, 15) is 8.42 Å². The highest BCUT2D eigenvalue weighted by molar-refractivity contribution is 7.92. The van der Waals surface area contributed by atoms with E-state index in [1.807, 2.05) is 6.07 Å². The molecule has 4 nitrogen and oxygen atoms in total. The first-order valence-electron chi connectivity index (χ1n) is 4.42. The molecule has 0 saturated carbocycles.